The first kappa shape index (κ1) is 16.3. The van der Waals surface area contributed by atoms with Gasteiger partial charge in [-0.05, 0) is 29.8 Å². The van der Waals surface area contributed by atoms with E-state index in [0.29, 0.717) is 5.82 Å². The SMILES string of the molecule is C=Cc1ccc(NC2NNC(N)=C2CSc2ccccc2N)cc1. The van der Waals surface area contributed by atoms with Crippen molar-refractivity contribution in [3.8, 4) is 0 Å². The fourth-order valence-electron chi connectivity index (χ4n) is 2.41. The molecule has 1 unspecified atom stereocenters. The highest BCUT2D eigenvalue weighted by Crippen LogP contribution is 2.28. The van der Waals surface area contributed by atoms with Crippen LogP contribution in [-0.2, 0) is 0 Å². The van der Waals surface area contributed by atoms with Crippen molar-refractivity contribution in [3.63, 3.8) is 0 Å². The summed E-state index contributed by atoms with van der Waals surface area (Å²) in [5, 5.41) is 3.43. The number of nitrogens with one attached hydrogen (secondary N) is 3. The Labute approximate surface area is 146 Å². The van der Waals surface area contributed by atoms with Crippen molar-refractivity contribution in [2.75, 3.05) is 16.8 Å². The molecule has 5 nitrogen and oxygen atoms in total. The summed E-state index contributed by atoms with van der Waals surface area (Å²) in [4.78, 5) is 1.05. The highest BCUT2D eigenvalue weighted by molar-refractivity contribution is 7.99. The van der Waals surface area contributed by atoms with E-state index in [0.717, 1.165) is 33.2 Å². The van der Waals surface area contributed by atoms with Gasteiger partial charge in [0.15, 0.2) is 0 Å². The van der Waals surface area contributed by atoms with E-state index >= 15 is 0 Å². The van der Waals surface area contributed by atoms with Crippen molar-refractivity contribution in [1.82, 2.24) is 10.9 Å². The largest absolute Gasteiger partial charge is 0.398 e. The van der Waals surface area contributed by atoms with Crippen LogP contribution in [-0.4, -0.2) is 11.9 Å². The summed E-state index contributed by atoms with van der Waals surface area (Å²) < 4.78 is 0. The van der Waals surface area contributed by atoms with E-state index in [9.17, 15) is 0 Å². The lowest BCUT2D eigenvalue weighted by Crippen LogP contribution is -2.39. The number of rotatable bonds is 6. The smallest absolute Gasteiger partial charge is 0.121 e. The van der Waals surface area contributed by atoms with Gasteiger partial charge in [-0.1, -0.05) is 36.9 Å². The van der Waals surface area contributed by atoms with Crippen molar-refractivity contribution in [2.45, 2.75) is 11.1 Å². The number of anilines is 2. The summed E-state index contributed by atoms with van der Waals surface area (Å²) >= 11 is 1.67. The lowest BCUT2D eigenvalue weighted by molar-refractivity contribution is 0.605. The third-order valence-electron chi connectivity index (χ3n) is 3.81. The van der Waals surface area contributed by atoms with E-state index < -0.39 is 0 Å². The summed E-state index contributed by atoms with van der Waals surface area (Å²) in [6, 6.07) is 15.9. The first-order valence-corrected chi connectivity index (χ1v) is 8.62. The second-order valence-electron chi connectivity index (χ2n) is 5.44. The monoisotopic (exact) mass is 339 g/mol. The van der Waals surface area contributed by atoms with Gasteiger partial charge in [0.1, 0.15) is 12.0 Å². The topological polar surface area (TPSA) is 88.1 Å². The molecular formula is C18H21N5S. The standard InChI is InChI=1S/C18H21N5S/c1-2-12-7-9-13(10-8-12)21-18-14(17(20)22-23-18)11-24-16-6-4-3-5-15(16)19/h2-10,18,21-23H,1,11,19-20H2. The molecule has 1 atom stereocenters. The molecule has 2 aromatic carbocycles. The predicted octanol–water partition coefficient (Wildman–Crippen LogP) is 2.72. The molecule has 7 N–H and O–H groups in total. The molecule has 0 saturated carbocycles. The van der Waals surface area contributed by atoms with Crippen LogP contribution >= 0.6 is 11.8 Å². The minimum Gasteiger partial charge on any atom is -0.398 e. The number of nitrogen functional groups attached to an aromatic ring is 1. The van der Waals surface area contributed by atoms with Crippen molar-refractivity contribution < 1.29 is 0 Å². The van der Waals surface area contributed by atoms with E-state index in [1.165, 1.54) is 0 Å². The fraction of sp³-hybridized carbons (Fsp3) is 0.111. The Morgan fingerprint density at radius 3 is 2.58 bits per heavy atom. The zero-order valence-corrected chi connectivity index (χ0v) is 14.1. The third kappa shape index (κ3) is 3.67. The number of thioether (sulfide) groups is 1. The second-order valence-corrected chi connectivity index (χ2v) is 6.46. The number of benzene rings is 2. The minimum absolute atomic E-state index is 0.0722. The number of hydrogen-bond acceptors (Lipinski definition) is 6. The molecule has 1 heterocycles. The molecule has 3 rings (SSSR count). The summed E-state index contributed by atoms with van der Waals surface area (Å²) in [5.74, 6) is 1.39. The maximum atomic E-state index is 6.08. The second kappa shape index (κ2) is 7.33. The summed E-state index contributed by atoms with van der Waals surface area (Å²) in [6.45, 7) is 3.77. The highest BCUT2D eigenvalue weighted by atomic mass is 32.2. The molecule has 0 bridgehead atoms. The molecule has 0 aromatic heterocycles. The molecule has 6 heteroatoms. The molecule has 0 saturated heterocycles. The van der Waals surface area contributed by atoms with E-state index in [1.807, 2.05) is 54.6 Å². The average Bonchev–Trinajstić information content (AvgIpc) is 2.95. The Morgan fingerprint density at radius 2 is 1.88 bits per heavy atom. The van der Waals surface area contributed by atoms with Gasteiger partial charge in [-0.2, -0.15) is 0 Å². The molecule has 0 spiro atoms. The van der Waals surface area contributed by atoms with Gasteiger partial charge in [0.2, 0.25) is 0 Å². The minimum atomic E-state index is -0.0722. The summed E-state index contributed by atoms with van der Waals surface area (Å²) in [6.07, 6.45) is 1.75. The first-order chi connectivity index (χ1) is 11.7. The van der Waals surface area contributed by atoms with Crippen molar-refractivity contribution in [2.24, 2.45) is 5.73 Å². The van der Waals surface area contributed by atoms with Crippen LogP contribution in [0, 0.1) is 0 Å². The van der Waals surface area contributed by atoms with Crippen LogP contribution < -0.4 is 27.6 Å². The predicted molar refractivity (Wildman–Crippen MR) is 103 cm³/mol. The van der Waals surface area contributed by atoms with Gasteiger partial charge < -0.3 is 22.2 Å². The molecule has 1 aliphatic heterocycles. The normalized spacial score (nSPS) is 16.8. The molecule has 24 heavy (non-hydrogen) atoms. The highest BCUT2D eigenvalue weighted by Gasteiger charge is 2.23. The Kier molecular flexibility index (Phi) is 4.98. The quantitative estimate of drug-likeness (QED) is 0.411. The summed E-state index contributed by atoms with van der Waals surface area (Å²) in [5.41, 5.74) is 22.2. The maximum Gasteiger partial charge on any atom is 0.121 e. The van der Waals surface area contributed by atoms with Gasteiger partial charge in [0, 0.05) is 27.6 Å². The molecule has 2 aromatic rings. The lowest BCUT2D eigenvalue weighted by atomic mass is 10.2. The Bertz CT molecular complexity index is 754. The number of hydrogen-bond donors (Lipinski definition) is 5. The molecular weight excluding hydrogens is 318 g/mol. The molecule has 124 valence electrons. The zero-order chi connectivity index (χ0) is 16.9. The van der Waals surface area contributed by atoms with Crippen molar-refractivity contribution >= 4 is 29.2 Å². The fourth-order valence-corrected chi connectivity index (χ4v) is 3.45. The van der Waals surface area contributed by atoms with Gasteiger partial charge in [0.05, 0.1) is 0 Å². The Hall–Kier alpha value is -2.57. The number of para-hydroxylation sites is 1. The molecule has 0 radical (unpaired) electrons. The van der Waals surface area contributed by atoms with Crippen LogP contribution in [0.5, 0.6) is 0 Å². The third-order valence-corrected chi connectivity index (χ3v) is 4.94. The molecule has 0 aliphatic carbocycles. The van der Waals surface area contributed by atoms with Gasteiger partial charge in [0.25, 0.3) is 0 Å². The van der Waals surface area contributed by atoms with Gasteiger partial charge in [-0.15, -0.1) is 11.8 Å². The maximum absolute atomic E-state index is 6.08. The number of hydrazine groups is 1. The molecule has 0 fully saturated rings. The molecule has 1 aliphatic rings. The van der Waals surface area contributed by atoms with E-state index in [1.54, 1.807) is 11.8 Å². The summed E-state index contributed by atoms with van der Waals surface area (Å²) in [7, 11) is 0. The van der Waals surface area contributed by atoms with Crippen molar-refractivity contribution in [1.29, 1.82) is 0 Å². The zero-order valence-electron chi connectivity index (χ0n) is 13.3. The number of nitrogens with two attached hydrogens (primary N) is 2. The van der Waals surface area contributed by atoms with Crippen LogP contribution in [0.2, 0.25) is 0 Å². The van der Waals surface area contributed by atoms with Gasteiger partial charge in [-0.3, -0.25) is 0 Å². The van der Waals surface area contributed by atoms with Crippen LogP contribution in [0.15, 0.2) is 71.4 Å². The average molecular weight is 339 g/mol. The lowest BCUT2D eigenvalue weighted by Gasteiger charge is -2.18. The van der Waals surface area contributed by atoms with Crippen LogP contribution in [0.25, 0.3) is 6.08 Å². The van der Waals surface area contributed by atoms with Gasteiger partial charge >= 0.3 is 0 Å². The van der Waals surface area contributed by atoms with Crippen LogP contribution in [0.4, 0.5) is 11.4 Å². The van der Waals surface area contributed by atoms with Crippen LogP contribution in [0.3, 0.4) is 0 Å². The van der Waals surface area contributed by atoms with E-state index in [4.69, 9.17) is 11.5 Å². The Balaban J connectivity index is 1.67. The van der Waals surface area contributed by atoms with Gasteiger partial charge in [-0.25, -0.2) is 5.43 Å². The van der Waals surface area contributed by atoms with Crippen molar-refractivity contribution in [3.05, 3.63) is 72.1 Å². The first-order valence-electron chi connectivity index (χ1n) is 7.64. The molecule has 0 amide bonds. The Morgan fingerprint density at radius 1 is 1.12 bits per heavy atom. The van der Waals surface area contributed by atoms with Crippen LogP contribution in [0.1, 0.15) is 5.56 Å². The van der Waals surface area contributed by atoms with E-state index in [2.05, 4.69) is 22.7 Å². The van der Waals surface area contributed by atoms with E-state index in [-0.39, 0.29) is 6.17 Å².